The van der Waals surface area contributed by atoms with Crippen molar-refractivity contribution in [2.24, 2.45) is 0 Å². The van der Waals surface area contributed by atoms with Crippen LogP contribution < -0.4 is 5.32 Å². The fourth-order valence-electron chi connectivity index (χ4n) is 1.79. The van der Waals surface area contributed by atoms with Crippen molar-refractivity contribution in [3.8, 4) is 17.3 Å². The van der Waals surface area contributed by atoms with Crippen molar-refractivity contribution in [2.75, 3.05) is 12.4 Å². The average Bonchev–Trinajstić information content (AvgIpc) is 3.01. The van der Waals surface area contributed by atoms with Gasteiger partial charge in [-0.15, -0.1) is 0 Å². The number of hydrogen-bond acceptors (Lipinski definition) is 5. The zero-order chi connectivity index (χ0) is 14.8. The SMILES string of the molecule is CNc1nc(-c2c(F)cccc2F)nc(-n2cccn2)n1. The summed E-state index contributed by atoms with van der Waals surface area (Å²) < 4.78 is 29.1. The quantitative estimate of drug-likeness (QED) is 0.798. The van der Waals surface area contributed by atoms with E-state index in [0.717, 1.165) is 12.1 Å². The van der Waals surface area contributed by atoms with E-state index in [1.165, 1.54) is 10.7 Å². The predicted octanol–water partition coefficient (Wildman–Crippen LogP) is 2.04. The van der Waals surface area contributed by atoms with E-state index in [2.05, 4.69) is 25.4 Å². The van der Waals surface area contributed by atoms with E-state index in [-0.39, 0.29) is 23.3 Å². The molecular formula is C13H10F2N6. The van der Waals surface area contributed by atoms with Crippen LogP contribution in [-0.2, 0) is 0 Å². The molecule has 0 aliphatic carbocycles. The highest BCUT2D eigenvalue weighted by Crippen LogP contribution is 2.23. The first-order valence-corrected chi connectivity index (χ1v) is 6.07. The molecule has 1 N–H and O–H groups in total. The molecule has 0 saturated carbocycles. The largest absolute Gasteiger partial charge is 0.357 e. The van der Waals surface area contributed by atoms with E-state index in [4.69, 9.17) is 0 Å². The minimum Gasteiger partial charge on any atom is -0.357 e. The molecule has 6 nitrogen and oxygen atoms in total. The Hall–Kier alpha value is -2.90. The van der Waals surface area contributed by atoms with Gasteiger partial charge in [0.2, 0.25) is 5.95 Å². The summed E-state index contributed by atoms with van der Waals surface area (Å²) in [4.78, 5) is 12.2. The second-order valence-corrected chi connectivity index (χ2v) is 4.08. The van der Waals surface area contributed by atoms with Crippen LogP contribution in [0.3, 0.4) is 0 Å². The number of nitrogens with zero attached hydrogens (tertiary/aromatic N) is 5. The molecule has 0 atom stereocenters. The lowest BCUT2D eigenvalue weighted by Gasteiger charge is -2.08. The van der Waals surface area contributed by atoms with Gasteiger partial charge in [-0.05, 0) is 18.2 Å². The van der Waals surface area contributed by atoms with Crippen LogP contribution in [0, 0.1) is 11.6 Å². The number of nitrogens with one attached hydrogen (secondary N) is 1. The van der Waals surface area contributed by atoms with E-state index in [1.807, 2.05) is 0 Å². The van der Waals surface area contributed by atoms with Crippen LogP contribution in [0.2, 0.25) is 0 Å². The lowest BCUT2D eigenvalue weighted by atomic mass is 10.2. The molecule has 0 unspecified atom stereocenters. The number of rotatable bonds is 3. The van der Waals surface area contributed by atoms with Gasteiger partial charge < -0.3 is 5.32 Å². The van der Waals surface area contributed by atoms with E-state index in [1.54, 1.807) is 25.5 Å². The summed E-state index contributed by atoms with van der Waals surface area (Å²) in [5, 5.41) is 6.72. The molecule has 3 rings (SSSR count). The summed E-state index contributed by atoms with van der Waals surface area (Å²) in [5.74, 6) is -1.23. The monoisotopic (exact) mass is 288 g/mol. The van der Waals surface area contributed by atoms with Crippen LogP contribution in [0.15, 0.2) is 36.7 Å². The molecule has 2 heterocycles. The van der Waals surface area contributed by atoms with Gasteiger partial charge in [-0.25, -0.2) is 13.5 Å². The maximum absolute atomic E-state index is 13.9. The topological polar surface area (TPSA) is 68.5 Å². The molecule has 8 heteroatoms. The van der Waals surface area contributed by atoms with Crippen LogP contribution >= 0.6 is 0 Å². The molecule has 106 valence electrons. The van der Waals surface area contributed by atoms with Gasteiger partial charge in [0.25, 0.3) is 5.95 Å². The van der Waals surface area contributed by atoms with E-state index >= 15 is 0 Å². The van der Waals surface area contributed by atoms with E-state index < -0.39 is 11.6 Å². The molecular weight excluding hydrogens is 278 g/mol. The molecule has 2 aromatic heterocycles. The molecule has 0 aliphatic heterocycles. The van der Waals surface area contributed by atoms with Crippen molar-refractivity contribution in [3.05, 3.63) is 48.3 Å². The lowest BCUT2D eigenvalue weighted by molar-refractivity contribution is 0.587. The highest BCUT2D eigenvalue weighted by Gasteiger charge is 2.17. The maximum atomic E-state index is 13.9. The zero-order valence-corrected chi connectivity index (χ0v) is 11.0. The highest BCUT2D eigenvalue weighted by molar-refractivity contribution is 5.58. The van der Waals surface area contributed by atoms with Gasteiger partial charge in [0.15, 0.2) is 5.82 Å². The Morgan fingerprint density at radius 2 is 1.81 bits per heavy atom. The zero-order valence-electron chi connectivity index (χ0n) is 11.0. The van der Waals surface area contributed by atoms with Crippen molar-refractivity contribution in [3.63, 3.8) is 0 Å². The fraction of sp³-hybridized carbons (Fsp3) is 0.0769. The third-order valence-corrected chi connectivity index (χ3v) is 2.74. The Balaban J connectivity index is 2.21. The van der Waals surface area contributed by atoms with Crippen LogP contribution in [0.1, 0.15) is 0 Å². The van der Waals surface area contributed by atoms with Crippen LogP contribution in [0.5, 0.6) is 0 Å². The second kappa shape index (κ2) is 5.23. The average molecular weight is 288 g/mol. The van der Waals surface area contributed by atoms with E-state index in [9.17, 15) is 8.78 Å². The normalized spacial score (nSPS) is 10.6. The number of benzene rings is 1. The molecule has 0 radical (unpaired) electrons. The third kappa shape index (κ3) is 2.42. The van der Waals surface area contributed by atoms with Crippen molar-refractivity contribution in [2.45, 2.75) is 0 Å². The summed E-state index contributed by atoms with van der Waals surface area (Å²) >= 11 is 0. The molecule has 1 aromatic carbocycles. The summed E-state index contributed by atoms with van der Waals surface area (Å²) in [6, 6.07) is 5.26. The molecule has 0 aliphatic rings. The summed E-state index contributed by atoms with van der Waals surface area (Å²) in [6.07, 6.45) is 3.17. The van der Waals surface area contributed by atoms with Gasteiger partial charge in [-0.2, -0.15) is 20.1 Å². The molecule has 0 saturated heterocycles. The summed E-state index contributed by atoms with van der Waals surface area (Å²) in [7, 11) is 1.60. The molecule has 0 fully saturated rings. The number of anilines is 1. The Morgan fingerprint density at radius 1 is 1.05 bits per heavy atom. The number of halogens is 2. The van der Waals surface area contributed by atoms with Gasteiger partial charge >= 0.3 is 0 Å². The number of hydrogen-bond donors (Lipinski definition) is 1. The van der Waals surface area contributed by atoms with Gasteiger partial charge in [0, 0.05) is 19.4 Å². The Morgan fingerprint density at radius 3 is 2.43 bits per heavy atom. The molecule has 3 aromatic rings. The molecule has 21 heavy (non-hydrogen) atoms. The highest BCUT2D eigenvalue weighted by atomic mass is 19.1. The van der Waals surface area contributed by atoms with Gasteiger partial charge in [-0.3, -0.25) is 0 Å². The smallest absolute Gasteiger partial charge is 0.255 e. The summed E-state index contributed by atoms with van der Waals surface area (Å²) in [5.41, 5.74) is -0.301. The Labute approximate surface area is 118 Å². The molecule has 0 spiro atoms. The lowest BCUT2D eigenvalue weighted by Crippen LogP contribution is -2.09. The van der Waals surface area contributed by atoms with Crippen LogP contribution in [0.25, 0.3) is 17.3 Å². The first-order chi connectivity index (χ1) is 10.2. The Bertz CT molecular complexity index is 752. The number of aromatic nitrogens is 5. The van der Waals surface area contributed by atoms with Crippen molar-refractivity contribution >= 4 is 5.95 Å². The first-order valence-electron chi connectivity index (χ1n) is 6.07. The van der Waals surface area contributed by atoms with E-state index in [0.29, 0.717) is 0 Å². The second-order valence-electron chi connectivity index (χ2n) is 4.08. The predicted molar refractivity (Wildman–Crippen MR) is 71.8 cm³/mol. The fourth-order valence-corrected chi connectivity index (χ4v) is 1.79. The van der Waals surface area contributed by atoms with Crippen LogP contribution in [-0.4, -0.2) is 31.8 Å². The minimum absolute atomic E-state index is 0.101. The Kier molecular flexibility index (Phi) is 3.27. The first kappa shape index (κ1) is 13.1. The molecule has 0 bridgehead atoms. The van der Waals surface area contributed by atoms with Crippen LogP contribution in [0.4, 0.5) is 14.7 Å². The maximum Gasteiger partial charge on any atom is 0.255 e. The van der Waals surface area contributed by atoms with Crippen molar-refractivity contribution in [1.82, 2.24) is 24.7 Å². The standard InChI is InChI=1S/C13H10F2N6/c1-16-12-18-11(10-8(14)4-2-5-9(10)15)19-13(20-12)21-7-3-6-17-21/h2-7H,1H3,(H,16,18,19,20). The third-order valence-electron chi connectivity index (χ3n) is 2.74. The minimum atomic E-state index is -0.741. The van der Waals surface area contributed by atoms with Gasteiger partial charge in [-0.1, -0.05) is 6.07 Å². The van der Waals surface area contributed by atoms with Gasteiger partial charge in [0.1, 0.15) is 11.6 Å². The molecule has 0 amide bonds. The van der Waals surface area contributed by atoms with Crippen molar-refractivity contribution < 1.29 is 8.78 Å². The van der Waals surface area contributed by atoms with Gasteiger partial charge in [0.05, 0.1) is 5.56 Å². The summed E-state index contributed by atoms with van der Waals surface area (Å²) in [6.45, 7) is 0. The van der Waals surface area contributed by atoms with Crippen molar-refractivity contribution in [1.29, 1.82) is 0 Å².